The van der Waals surface area contributed by atoms with Crippen molar-refractivity contribution in [2.45, 2.75) is 69.2 Å². The Morgan fingerprint density at radius 3 is 2.26 bits per heavy atom. The molecule has 2 aromatic rings. The van der Waals surface area contributed by atoms with Crippen LogP contribution in [0.1, 0.15) is 51.5 Å². The van der Waals surface area contributed by atoms with Gasteiger partial charge in [-0.05, 0) is 29.9 Å². The standard InChI is InChI=1S/C25H32N4O4S/c1-3-16(2)21(34)22(30)29-25(10-4-5-11-25)24(33)28-20(23(31)32)12-17-6-8-18(9-7-17)19-13-26-15-27-14-19/h6-9,13-16,20-21,34H,3-5,10-12H2,1-2H3,(H,28,33)(H,29,30)(H,31,32). The zero-order valence-corrected chi connectivity index (χ0v) is 20.4. The van der Waals surface area contributed by atoms with Gasteiger partial charge in [0.05, 0.1) is 5.25 Å². The van der Waals surface area contributed by atoms with E-state index < -0.39 is 28.7 Å². The highest BCUT2D eigenvalue weighted by molar-refractivity contribution is 7.81. The topological polar surface area (TPSA) is 121 Å². The van der Waals surface area contributed by atoms with E-state index in [1.807, 2.05) is 38.1 Å². The van der Waals surface area contributed by atoms with Crippen LogP contribution in [0.4, 0.5) is 0 Å². The Hall–Kier alpha value is -2.94. The fourth-order valence-corrected chi connectivity index (χ4v) is 4.47. The molecule has 0 bridgehead atoms. The van der Waals surface area contributed by atoms with Gasteiger partial charge in [-0.25, -0.2) is 14.8 Å². The summed E-state index contributed by atoms with van der Waals surface area (Å²) in [7, 11) is 0. The number of nitrogens with zero attached hydrogens (tertiary/aromatic N) is 2. The lowest BCUT2D eigenvalue weighted by atomic mass is 9.93. The van der Waals surface area contributed by atoms with Crippen molar-refractivity contribution in [3.05, 3.63) is 48.5 Å². The molecule has 3 N–H and O–H groups in total. The summed E-state index contributed by atoms with van der Waals surface area (Å²) in [5.74, 6) is -1.81. The third-order valence-electron chi connectivity index (χ3n) is 6.60. The summed E-state index contributed by atoms with van der Waals surface area (Å²) >= 11 is 4.44. The second kappa shape index (κ2) is 11.5. The average molecular weight is 485 g/mol. The maximum atomic E-state index is 13.3. The lowest BCUT2D eigenvalue weighted by Gasteiger charge is -2.32. The second-order valence-electron chi connectivity index (χ2n) is 9.00. The molecule has 0 saturated heterocycles. The van der Waals surface area contributed by atoms with Crippen LogP contribution >= 0.6 is 12.6 Å². The molecule has 1 aromatic carbocycles. The molecule has 2 amide bonds. The fourth-order valence-electron chi connectivity index (χ4n) is 4.19. The molecular weight excluding hydrogens is 452 g/mol. The second-order valence-corrected chi connectivity index (χ2v) is 9.56. The summed E-state index contributed by atoms with van der Waals surface area (Å²) < 4.78 is 0. The Morgan fingerprint density at radius 1 is 1.09 bits per heavy atom. The van der Waals surface area contributed by atoms with Gasteiger partial charge < -0.3 is 15.7 Å². The molecule has 1 aliphatic carbocycles. The summed E-state index contributed by atoms with van der Waals surface area (Å²) in [6.07, 6.45) is 8.31. The largest absolute Gasteiger partial charge is 0.480 e. The third-order valence-corrected chi connectivity index (χ3v) is 7.34. The van der Waals surface area contributed by atoms with Crippen LogP contribution in [0.25, 0.3) is 11.1 Å². The minimum Gasteiger partial charge on any atom is -0.480 e. The molecule has 182 valence electrons. The molecule has 8 nitrogen and oxygen atoms in total. The van der Waals surface area contributed by atoms with Crippen molar-refractivity contribution in [3.8, 4) is 11.1 Å². The van der Waals surface area contributed by atoms with Gasteiger partial charge in [0, 0.05) is 24.4 Å². The first-order valence-corrected chi connectivity index (χ1v) is 12.2. The number of carboxylic acid groups (broad SMARTS) is 1. The molecular formula is C25H32N4O4S. The number of aliphatic carboxylic acids is 1. The van der Waals surface area contributed by atoms with E-state index in [-0.39, 0.29) is 18.2 Å². The maximum absolute atomic E-state index is 13.3. The highest BCUT2D eigenvalue weighted by Crippen LogP contribution is 2.31. The van der Waals surface area contributed by atoms with Crippen LogP contribution in [0.2, 0.25) is 0 Å². The Balaban J connectivity index is 1.70. The molecule has 3 unspecified atom stereocenters. The number of hydrogen-bond acceptors (Lipinski definition) is 6. The third kappa shape index (κ3) is 6.14. The van der Waals surface area contributed by atoms with Gasteiger partial charge >= 0.3 is 5.97 Å². The monoisotopic (exact) mass is 484 g/mol. The van der Waals surface area contributed by atoms with Crippen molar-refractivity contribution in [3.63, 3.8) is 0 Å². The predicted octanol–water partition coefficient (Wildman–Crippen LogP) is 3.03. The van der Waals surface area contributed by atoms with Gasteiger partial charge in [0.25, 0.3) is 0 Å². The van der Waals surface area contributed by atoms with Crippen LogP contribution in [-0.4, -0.2) is 49.7 Å². The first-order valence-electron chi connectivity index (χ1n) is 11.6. The number of carbonyl (C=O) groups is 3. The molecule has 1 aromatic heterocycles. The number of carboxylic acids is 1. The van der Waals surface area contributed by atoms with Crippen LogP contribution < -0.4 is 10.6 Å². The van der Waals surface area contributed by atoms with Gasteiger partial charge in [-0.1, -0.05) is 57.4 Å². The van der Waals surface area contributed by atoms with Gasteiger partial charge in [0.2, 0.25) is 11.8 Å². The summed E-state index contributed by atoms with van der Waals surface area (Å²) in [5.41, 5.74) is 1.44. The zero-order valence-electron chi connectivity index (χ0n) is 19.5. The Labute approximate surface area is 205 Å². The first-order chi connectivity index (χ1) is 16.3. The molecule has 0 radical (unpaired) electrons. The molecule has 1 aliphatic rings. The maximum Gasteiger partial charge on any atom is 0.326 e. The minimum absolute atomic E-state index is 0.0574. The minimum atomic E-state index is -1.12. The fraction of sp³-hybridized carbons (Fsp3) is 0.480. The molecule has 1 heterocycles. The highest BCUT2D eigenvalue weighted by atomic mass is 32.1. The first kappa shape index (κ1) is 25.7. The van der Waals surface area contributed by atoms with Crippen molar-refractivity contribution in [2.75, 3.05) is 0 Å². The number of aromatic nitrogens is 2. The van der Waals surface area contributed by atoms with Gasteiger partial charge in [0.15, 0.2) is 0 Å². The quantitative estimate of drug-likeness (QED) is 0.385. The average Bonchev–Trinajstić information content (AvgIpc) is 3.33. The van der Waals surface area contributed by atoms with E-state index in [1.165, 1.54) is 6.33 Å². The number of nitrogens with one attached hydrogen (secondary N) is 2. The van der Waals surface area contributed by atoms with E-state index in [4.69, 9.17) is 0 Å². The summed E-state index contributed by atoms with van der Waals surface area (Å²) in [4.78, 5) is 46.0. The van der Waals surface area contributed by atoms with Crippen molar-refractivity contribution >= 4 is 30.4 Å². The zero-order chi connectivity index (χ0) is 24.7. The van der Waals surface area contributed by atoms with Crippen molar-refractivity contribution in [2.24, 2.45) is 5.92 Å². The molecule has 1 saturated carbocycles. The number of thiol groups is 1. The summed E-state index contributed by atoms with van der Waals surface area (Å²) in [6.45, 7) is 3.92. The van der Waals surface area contributed by atoms with Gasteiger partial charge in [-0.3, -0.25) is 9.59 Å². The van der Waals surface area contributed by atoms with E-state index in [0.717, 1.165) is 36.0 Å². The van der Waals surface area contributed by atoms with E-state index in [2.05, 4.69) is 33.2 Å². The Kier molecular flexibility index (Phi) is 8.66. The molecule has 3 rings (SSSR count). The number of rotatable bonds is 10. The lowest BCUT2D eigenvalue weighted by molar-refractivity contribution is -0.143. The predicted molar refractivity (Wildman–Crippen MR) is 132 cm³/mol. The van der Waals surface area contributed by atoms with Crippen LogP contribution in [0.5, 0.6) is 0 Å². The van der Waals surface area contributed by atoms with Crippen LogP contribution in [0.3, 0.4) is 0 Å². The van der Waals surface area contributed by atoms with E-state index in [1.54, 1.807) is 12.4 Å². The smallest absolute Gasteiger partial charge is 0.326 e. The molecule has 3 atom stereocenters. The van der Waals surface area contributed by atoms with Crippen molar-refractivity contribution < 1.29 is 19.5 Å². The van der Waals surface area contributed by atoms with Crippen LogP contribution in [0.15, 0.2) is 43.0 Å². The van der Waals surface area contributed by atoms with Gasteiger partial charge in [-0.15, -0.1) is 0 Å². The normalized spacial score (nSPS) is 17.4. The van der Waals surface area contributed by atoms with E-state index >= 15 is 0 Å². The van der Waals surface area contributed by atoms with Crippen molar-refractivity contribution in [1.29, 1.82) is 0 Å². The molecule has 1 fully saturated rings. The molecule has 34 heavy (non-hydrogen) atoms. The Bertz CT molecular complexity index is 994. The summed E-state index contributed by atoms with van der Waals surface area (Å²) in [6, 6.07) is 6.28. The Morgan fingerprint density at radius 2 is 1.71 bits per heavy atom. The number of amides is 2. The van der Waals surface area contributed by atoms with Crippen LogP contribution in [0, 0.1) is 5.92 Å². The van der Waals surface area contributed by atoms with Crippen molar-refractivity contribution in [1.82, 2.24) is 20.6 Å². The van der Waals surface area contributed by atoms with E-state index in [9.17, 15) is 19.5 Å². The van der Waals surface area contributed by atoms with Gasteiger partial charge in [0.1, 0.15) is 17.9 Å². The number of hydrogen-bond donors (Lipinski definition) is 4. The summed E-state index contributed by atoms with van der Waals surface area (Å²) in [5, 5.41) is 14.9. The van der Waals surface area contributed by atoms with Crippen LogP contribution in [-0.2, 0) is 20.8 Å². The highest BCUT2D eigenvalue weighted by Gasteiger charge is 2.44. The molecule has 0 aliphatic heterocycles. The number of carbonyl (C=O) groups excluding carboxylic acids is 2. The number of benzene rings is 1. The van der Waals surface area contributed by atoms with Gasteiger partial charge in [-0.2, -0.15) is 12.6 Å². The SMILES string of the molecule is CCC(C)C(S)C(=O)NC1(C(=O)NC(Cc2ccc(-c3cncnc3)cc2)C(=O)O)CCCC1. The lowest BCUT2D eigenvalue weighted by Crippen LogP contribution is -2.61. The molecule has 0 spiro atoms. The molecule has 9 heteroatoms. The van der Waals surface area contributed by atoms with E-state index in [0.29, 0.717) is 12.8 Å².